The van der Waals surface area contributed by atoms with Crippen LogP contribution in [0.25, 0.3) is 10.8 Å². The number of hydrogen-bond acceptors (Lipinski definition) is 11. The summed E-state index contributed by atoms with van der Waals surface area (Å²) in [6, 6.07) is 14.7. The van der Waals surface area contributed by atoms with Crippen LogP contribution in [-0.2, 0) is 40.0 Å². The minimum absolute atomic E-state index is 0.00300. The molecule has 5 N–H and O–H groups in total. The number of nitrogens with one attached hydrogen (secondary N) is 1. The standard InChI is InChI=1S/C46H51N3O9/c1-44-14-11-31(50)18-29(44)8-10-32-36-12-15-46(55,45(36,2)20-37(51)39(32)44)40-38(58-40)24-57-43(54)34-19-33(34)42(53)56-23-25-3-5-26(6-4-25)35(21-47)41(52)49-30-9-7-28-22-48-16-13-27(28)17-30/h3-7,9,11,13-14,16-18,22,32-40,51,55H,8,10,12,15,19-21,23-24,47H2,1-2H3,(H,49,52)/t32-,33?,34?,35?,36-,37-,38?,39+,40?,44-,45-,46-/m0/s1. The number of benzene rings is 2. The Morgan fingerprint density at radius 2 is 1.81 bits per heavy atom. The molecule has 5 fully saturated rings. The third-order valence-electron chi connectivity index (χ3n) is 14.8. The molecule has 12 heteroatoms. The molecule has 1 amide bonds. The Bertz CT molecular complexity index is 2220. The van der Waals surface area contributed by atoms with Crippen LogP contribution in [0.1, 0.15) is 69.4 Å². The number of rotatable bonds is 11. The first kappa shape index (κ1) is 38.8. The van der Waals surface area contributed by atoms with Crippen molar-refractivity contribution in [2.45, 2.75) is 88.8 Å². The Morgan fingerprint density at radius 3 is 2.59 bits per heavy atom. The predicted octanol–water partition coefficient (Wildman–Crippen LogP) is 4.92. The normalized spacial score (nSPS) is 36.2. The first-order valence-electron chi connectivity index (χ1n) is 20.6. The minimum atomic E-state index is -1.17. The summed E-state index contributed by atoms with van der Waals surface area (Å²) < 4.78 is 17.2. The zero-order chi connectivity index (χ0) is 40.6. The summed E-state index contributed by atoms with van der Waals surface area (Å²) in [5.74, 6) is -2.57. The number of anilines is 1. The fraction of sp³-hybridized carbons (Fsp3) is 0.500. The van der Waals surface area contributed by atoms with Gasteiger partial charge in [0, 0.05) is 46.8 Å². The van der Waals surface area contributed by atoms with E-state index in [2.05, 4.69) is 24.1 Å². The van der Waals surface area contributed by atoms with Crippen LogP contribution < -0.4 is 11.1 Å². The van der Waals surface area contributed by atoms with Crippen molar-refractivity contribution in [3.05, 3.63) is 95.9 Å². The van der Waals surface area contributed by atoms with Crippen LogP contribution in [0.2, 0.25) is 0 Å². The highest BCUT2D eigenvalue weighted by Crippen LogP contribution is 2.69. The SMILES string of the molecule is C[C@]12C=CC(=O)C=C1CC[C@@H]1[C@@H]2[C@@H](O)C[C@@]2(C)[C@H]1CC[C@]2(O)C1OC1COC(=O)C1CC1C(=O)OCc1ccc(C(CN)C(=O)Nc2ccc3cnccc3c2)cc1. The number of ether oxygens (including phenoxy) is 3. The zero-order valence-corrected chi connectivity index (χ0v) is 32.8. The number of pyridine rings is 1. The molecule has 2 aromatic carbocycles. The van der Waals surface area contributed by atoms with Gasteiger partial charge in [0.2, 0.25) is 5.91 Å². The van der Waals surface area contributed by atoms with E-state index in [1.807, 2.05) is 30.3 Å². The fourth-order valence-corrected chi connectivity index (χ4v) is 11.4. The quantitative estimate of drug-likeness (QED) is 0.153. The second-order valence-corrected chi connectivity index (χ2v) is 17.9. The number of aliphatic hydroxyl groups excluding tert-OH is 1. The molecule has 3 aromatic rings. The molecule has 1 saturated heterocycles. The molecular formula is C46H51N3O9. The molecule has 12 atom stereocenters. The monoisotopic (exact) mass is 789 g/mol. The highest BCUT2D eigenvalue weighted by molar-refractivity contribution is 6.01. The second-order valence-electron chi connectivity index (χ2n) is 17.9. The molecule has 4 saturated carbocycles. The maximum absolute atomic E-state index is 13.1. The molecule has 1 aromatic heterocycles. The Balaban J connectivity index is 0.737. The van der Waals surface area contributed by atoms with Crippen molar-refractivity contribution < 1.29 is 43.6 Å². The molecule has 5 unspecified atom stereocenters. The molecule has 6 aliphatic rings. The van der Waals surface area contributed by atoms with Crippen molar-refractivity contribution in [1.29, 1.82) is 0 Å². The fourth-order valence-electron chi connectivity index (χ4n) is 11.4. The lowest BCUT2D eigenvalue weighted by Gasteiger charge is -2.59. The number of ketones is 1. The van der Waals surface area contributed by atoms with Crippen LogP contribution in [0.15, 0.2) is 84.7 Å². The Hall–Kier alpha value is -4.75. The Kier molecular flexibility index (Phi) is 9.69. The number of fused-ring (bicyclic) bond motifs is 6. The summed E-state index contributed by atoms with van der Waals surface area (Å²) in [5.41, 5.74) is 7.11. The van der Waals surface area contributed by atoms with E-state index in [0.717, 1.165) is 46.7 Å². The van der Waals surface area contributed by atoms with Gasteiger partial charge < -0.3 is 35.5 Å². The van der Waals surface area contributed by atoms with Crippen molar-refractivity contribution in [2.75, 3.05) is 18.5 Å². The van der Waals surface area contributed by atoms with Gasteiger partial charge in [-0.2, -0.15) is 0 Å². The van der Waals surface area contributed by atoms with Crippen LogP contribution in [-0.4, -0.2) is 75.9 Å². The second kappa shape index (κ2) is 14.5. The lowest BCUT2D eigenvalue weighted by Crippen LogP contribution is -2.61. The molecular weight excluding hydrogens is 739 g/mol. The topological polar surface area (TPSA) is 191 Å². The number of carbonyl (C=O) groups is 4. The van der Waals surface area contributed by atoms with Crippen LogP contribution in [0, 0.1) is 40.4 Å². The summed E-state index contributed by atoms with van der Waals surface area (Å²) in [6.45, 7) is 4.33. The Morgan fingerprint density at radius 1 is 1.03 bits per heavy atom. The van der Waals surface area contributed by atoms with Crippen molar-refractivity contribution in [1.82, 2.24) is 4.98 Å². The molecule has 304 valence electrons. The number of nitrogens with two attached hydrogens (primary N) is 1. The molecule has 0 radical (unpaired) electrons. The van der Waals surface area contributed by atoms with E-state index in [9.17, 15) is 29.4 Å². The molecule has 12 nitrogen and oxygen atoms in total. The smallest absolute Gasteiger partial charge is 0.310 e. The van der Waals surface area contributed by atoms with Crippen LogP contribution >= 0.6 is 0 Å². The number of aliphatic hydroxyl groups is 2. The Labute approximate surface area is 337 Å². The van der Waals surface area contributed by atoms with Crippen LogP contribution in [0.4, 0.5) is 5.69 Å². The predicted molar refractivity (Wildman–Crippen MR) is 213 cm³/mol. The van der Waals surface area contributed by atoms with Crippen LogP contribution in [0.5, 0.6) is 0 Å². The number of nitrogens with zero attached hydrogens (tertiary/aromatic N) is 1. The number of hydrogen-bond donors (Lipinski definition) is 4. The van der Waals surface area contributed by atoms with Gasteiger partial charge in [-0.25, -0.2) is 0 Å². The van der Waals surface area contributed by atoms with E-state index in [4.69, 9.17) is 19.9 Å². The van der Waals surface area contributed by atoms with Crippen molar-refractivity contribution in [2.24, 2.45) is 46.2 Å². The molecule has 9 rings (SSSR count). The number of aromatic nitrogens is 1. The number of allylic oxidation sites excluding steroid dienone is 4. The van der Waals surface area contributed by atoms with E-state index < -0.39 is 59.0 Å². The summed E-state index contributed by atoms with van der Waals surface area (Å²) in [7, 11) is 0. The first-order chi connectivity index (χ1) is 27.8. The van der Waals surface area contributed by atoms with E-state index in [1.54, 1.807) is 48.8 Å². The van der Waals surface area contributed by atoms with Gasteiger partial charge in [-0.05, 0) is 97.2 Å². The van der Waals surface area contributed by atoms with Crippen molar-refractivity contribution in [3.63, 3.8) is 0 Å². The molecule has 0 spiro atoms. The zero-order valence-electron chi connectivity index (χ0n) is 32.8. The average molecular weight is 790 g/mol. The van der Waals surface area contributed by atoms with Gasteiger partial charge in [-0.15, -0.1) is 0 Å². The number of carbonyl (C=O) groups excluding carboxylic acids is 4. The van der Waals surface area contributed by atoms with Gasteiger partial charge in [0.15, 0.2) is 5.78 Å². The highest BCUT2D eigenvalue weighted by atomic mass is 16.6. The molecule has 2 heterocycles. The maximum atomic E-state index is 13.1. The van der Waals surface area contributed by atoms with Gasteiger partial charge in [-0.1, -0.05) is 55.8 Å². The lowest BCUT2D eigenvalue weighted by atomic mass is 9.46. The maximum Gasteiger partial charge on any atom is 0.310 e. The van der Waals surface area contributed by atoms with Gasteiger partial charge in [0.25, 0.3) is 0 Å². The third kappa shape index (κ3) is 6.58. The van der Waals surface area contributed by atoms with Gasteiger partial charge >= 0.3 is 11.9 Å². The third-order valence-corrected chi connectivity index (χ3v) is 14.8. The summed E-state index contributed by atoms with van der Waals surface area (Å²) in [4.78, 5) is 55.3. The largest absolute Gasteiger partial charge is 0.463 e. The number of esters is 2. The number of amides is 1. The summed E-state index contributed by atoms with van der Waals surface area (Å²) in [5, 5.41) is 28.9. The average Bonchev–Trinajstić information content (AvgIpc) is 4.15. The molecule has 0 bridgehead atoms. The molecule has 1 aliphatic heterocycles. The van der Waals surface area contributed by atoms with Gasteiger partial charge in [0.1, 0.15) is 25.4 Å². The molecule has 5 aliphatic carbocycles. The van der Waals surface area contributed by atoms with Crippen LogP contribution in [0.3, 0.4) is 0 Å². The van der Waals surface area contributed by atoms with Gasteiger partial charge in [-0.3, -0.25) is 24.2 Å². The minimum Gasteiger partial charge on any atom is -0.463 e. The lowest BCUT2D eigenvalue weighted by molar-refractivity contribution is -0.170. The highest BCUT2D eigenvalue weighted by Gasteiger charge is 2.72. The van der Waals surface area contributed by atoms with Crippen molar-refractivity contribution >= 4 is 40.1 Å². The van der Waals surface area contributed by atoms with E-state index in [0.29, 0.717) is 24.9 Å². The van der Waals surface area contributed by atoms with Crippen molar-refractivity contribution in [3.8, 4) is 0 Å². The summed E-state index contributed by atoms with van der Waals surface area (Å²) in [6.07, 6.45) is 11.0. The van der Waals surface area contributed by atoms with E-state index in [1.165, 1.54) is 0 Å². The number of epoxide rings is 1. The first-order valence-corrected chi connectivity index (χ1v) is 20.6. The van der Waals surface area contributed by atoms with E-state index >= 15 is 0 Å². The van der Waals surface area contributed by atoms with E-state index in [-0.39, 0.29) is 54.6 Å². The van der Waals surface area contributed by atoms with Gasteiger partial charge in [0.05, 0.1) is 29.5 Å². The molecule has 58 heavy (non-hydrogen) atoms. The summed E-state index contributed by atoms with van der Waals surface area (Å²) >= 11 is 0.